The zero-order valence-corrected chi connectivity index (χ0v) is 36.7. The summed E-state index contributed by atoms with van der Waals surface area (Å²) >= 11 is 0. The van der Waals surface area contributed by atoms with Gasteiger partial charge in [-0.2, -0.15) is 0 Å². The van der Waals surface area contributed by atoms with Crippen LogP contribution in [-0.2, 0) is 5.41 Å². The highest BCUT2D eigenvalue weighted by Crippen LogP contribution is 2.51. The van der Waals surface area contributed by atoms with E-state index in [1.165, 1.54) is 110 Å². The molecule has 13 aromatic rings. The first-order chi connectivity index (χ1) is 32.5. The van der Waals surface area contributed by atoms with Gasteiger partial charge in [-0.15, -0.1) is 0 Å². The van der Waals surface area contributed by atoms with Crippen LogP contribution in [0.3, 0.4) is 0 Å². The maximum Gasteiger partial charge on any atom is 0.0620 e. The van der Waals surface area contributed by atoms with Crippen LogP contribution in [0.5, 0.6) is 0 Å². The number of para-hydroxylation sites is 4. The van der Waals surface area contributed by atoms with Crippen LogP contribution in [0.1, 0.15) is 25.0 Å². The van der Waals surface area contributed by atoms with Crippen LogP contribution in [0.4, 0.5) is 17.1 Å². The minimum absolute atomic E-state index is 0.118. The lowest BCUT2D eigenvalue weighted by molar-refractivity contribution is 0.660. The second-order valence-corrected chi connectivity index (χ2v) is 18.5. The highest BCUT2D eigenvalue weighted by Gasteiger charge is 2.35. The van der Waals surface area contributed by atoms with Gasteiger partial charge in [0, 0.05) is 60.5 Å². The van der Waals surface area contributed by atoms with E-state index in [-0.39, 0.29) is 5.41 Å². The lowest BCUT2D eigenvalue weighted by Crippen LogP contribution is -2.16. The summed E-state index contributed by atoms with van der Waals surface area (Å²) < 4.78 is 4.84. The van der Waals surface area contributed by atoms with Gasteiger partial charge >= 0.3 is 0 Å². The maximum atomic E-state index is 2.47. The lowest BCUT2D eigenvalue weighted by atomic mass is 9.82. The maximum absolute atomic E-state index is 2.47. The fraction of sp³-hybridized carbons (Fsp3) is 0.0476. The third-order valence-corrected chi connectivity index (χ3v) is 14.7. The molecule has 0 radical (unpaired) electrons. The van der Waals surface area contributed by atoms with E-state index >= 15 is 0 Å². The number of hydrogen-bond acceptors (Lipinski definition) is 1. The van der Waals surface area contributed by atoms with Crippen molar-refractivity contribution in [2.45, 2.75) is 19.3 Å². The number of nitrogens with zero attached hydrogens (tertiary/aromatic N) is 3. The summed E-state index contributed by atoms with van der Waals surface area (Å²) in [6, 6.07) is 83.1. The first kappa shape index (κ1) is 37.0. The Labute approximate surface area is 383 Å². The van der Waals surface area contributed by atoms with Gasteiger partial charge in [-0.1, -0.05) is 159 Å². The van der Waals surface area contributed by atoms with Crippen molar-refractivity contribution in [3.05, 3.63) is 236 Å². The van der Waals surface area contributed by atoms with Gasteiger partial charge in [0.1, 0.15) is 0 Å². The summed E-state index contributed by atoms with van der Waals surface area (Å²) in [6.45, 7) is 4.72. The third kappa shape index (κ3) is 5.26. The Kier molecular flexibility index (Phi) is 7.74. The number of anilines is 3. The van der Waals surface area contributed by atoms with E-state index in [2.05, 4.69) is 252 Å². The molecule has 14 rings (SSSR count). The molecule has 0 aliphatic heterocycles. The van der Waals surface area contributed by atoms with E-state index in [1.807, 2.05) is 0 Å². The smallest absolute Gasteiger partial charge is 0.0620 e. The second-order valence-electron chi connectivity index (χ2n) is 18.5. The van der Waals surface area contributed by atoms with Gasteiger partial charge in [0.15, 0.2) is 0 Å². The molecule has 0 unspecified atom stereocenters. The molecule has 1 aliphatic carbocycles. The molecule has 0 spiro atoms. The van der Waals surface area contributed by atoms with E-state index < -0.39 is 0 Å². The summed E-state index contributed by atoms with van der Waals surface area (Å²) in [5, 5.41) is 7.71. The molecule has 10 aromatic carbocycles. The highest BCUT2D eigenvalue weighted by molar-refractivity contribution is 6.23. The molecule has 3 aromatic heterocycles. The molecular weight excluding hydrogens is 799 g/mol. The highest BCUT2D eigenvalue weighted by atomic mass is 15.1. The number of fused-ring (bicyclic) bond motifs is 12. The zero-order valence-electron chi connectivity index (χ0n) is 36.7. The van der Waals surface area contributed by atoms with Gasteiger partial charge in [-0.25, -0.2) is 0 Å². The van der Waals surface area contributed by atoms with Crippen LogP contribution in [0.2, 0.25) is 0 Å². The van der Waals surface area contributed by atoms with Crippen molar-refractivity contribution in [2.75, 3.05) is 4.90 Å². The molecule has 3 heterocycles. The van der Waals surface area contributed by atoms with E-state index in [0.717, 1.165) is 17.1 Å². The van der Waals surface area contributed by atoms with Crippen molar-refractivity contribution in [2.24, 2.45) is 0 Å². The van der Waals surface area contributed by atoms with E-state index in [9.17, 15) is 0 Å². The summed E-state index contributed by atoms with van der Waals surface area (Å²) in [6.07, 6.45) is 0. The average molecular weight is 842 g/mol. The molecule has 0 saturated carbocycles. The van der Waals surface area contributed by atoms with Crippen LogP contribution in [0, 0.1) is 0 Å². The number of aromatic nitrogens is 2. The SMILES string of the molecule is CC1(C)c2ccccc2-c2ccc(N(c3ccc(-c4ccc5c(c4)c4ccccc4n5-c4ccccc4)cc3)c3ccc(-c4ccc5c6cccc7c8ccccc8n(c5c4)c76)cc3)cc21. The van der Waals surface area contributed by atoms with Crippen LogP contribution < -0.4 is 4.90 Å². The summed E-state index contributed by atoms with van der Waals surface area (Å²) in [7, 11) is 0. The predicted octanol–water partition coefficient (Wildman–Crippen LogP) is 17.0. The van der Waals surface area contributed by atoms with E-state index in [1.54, 1.807) is 0 Å². The number of hydrogen-bond donors (Lipinski definition) is 0. The Morgan fingerprint density at radius 3 is 1.61 bits per heavy atom. The predicted molar refractivity (Wildman–Crippen MR) is 279 cm³/mol. The minimum Gasteiger partial charge on any atom is -0.310 e. The first-order valence-electron chi connectivity index (χ1n) is 23.0. The molecule has 0 bridgehead atoms. The van der Waals surface area contributed by atoms with E-state index in [0.29, 0.717) is 0 Å². The Hall–Kier alpha value is -8.40. The van der Waals surface area contributed by atoms with Gasteiger partial charge in [-0.3, -0.25) is 0 Å². The monoisotopic (exact) mass is 841 g/mol. The minimum atomic E-state index is -0.118. The quantitative estimate of drug-likeness (QED) is 0.162. The van der Waals surface area contributed by atoms with Crippen molar-refractivity contribution in [3.63, 3.8) is 0 Å². The van der Waals surface area contributed by atoms with Crippen molar-refractivity contribution in [1.29, 1.82) is 0 Å². The summed E-state index contributed by atoms with van der Waals surface area (Å²) in [5.74, 6) is 0. The van der Waals surface area contributed by atoms with Gasteiger partial charge in [-0.05, 0) is 123 Å². The molecule has 0 amide bonds. The molecule has 0 N–H and O–H groups in total. The number of benzene rings is 10. The lowest BCUT2D eigenvalue weighted by Gasteiger charge is -2.28. The average Bonchev–Trinajstić information content (AvgIpc) is 4.07. The van der Waals surface area contributed by atoms with Crippen LogP contribution >= 0.6 is 0 Å². The van der Waals surface area contributed by atoms with E-state index in [4.69, 9.17) is 0 Å². The molecule has 0 saturated heterocycles. The van der Waals surface area contributed by atoms with Gasteiger partial charge in [0.25, 0.3) is 0 Å². The largest absolute Gasteiger partial charge is 0.310 e. The zero-order chi connectivity index (χ0) is 43.7. The van der Waals surface area contributed by atoms with Crippen molar-refractivity contribution < 1.29 is 0 Å². The fourth-order valence-electron chi connectivity index (χ4n) is 11.5. The second kappa shape index (κ2) is 13.8. The van der Waals surface area contributed by atoms with Gasteiger partial charge in [0.2, 0.25) is 0 Å². The van der Waals surface area contributed by atoms with Crippen molar-refractivity contribution in [3.8, 4) is 39.1 Å². The molecule has 3 heteroatoms. The molecule has 66 heavy (non-hydrogen) atoms. The van der Waals surface area contributed by atoms with Gasteiger partial charge < -0.3 is 13.9 Å². The number of rotatable bonds is 6. The summed E-state index contributed by atoms with van der Waals surface area (Å²) in [4.78, 5) is 2.42. The molecule has 310 valence electrons. The van der Waals surface area contributed by atoms with Crippen LogP contribution in [-0.4, -0.2) is 8.97 Å². The van der Waals surface area contributed by atoms with Crippen molar-refractivity contribution in [1.82, 2.24) is 8.97 Å². The van der Waals surface area contributed by atoms with Gasteiger partial charge in [0.05, 0.1) is 27.6 Å². The Bertz CT molecular complexity index is 4060. The molecule has 1 aliphatic rings. The molecule has 0 fully saturated rings. The third-order valence-electron chi connectivity index (χ3n) is 14.7. The van der Waals surface area contributed by atoms with Crippen LogP contribution in [0.15, 0.2) is 224 Å². The Morgan fingerprint density at radius 1 is 0.333 bits per heavy atom. The Balaban J connectivity index is 0.876. The molecule has 0 atom stereocenters. The standard InChI is InChI=1S/C63H43N3/c1-63(2)56-20-9-6-15-48(56)49-35-33-47(39-57(49)63)64(45-29-23-40(24-30-45)42-28-36-60-55(37-42)51-17-8-10-21-58(51)65(60)44-13-4-3-5-14-44)46-31-25-41(26-32-46)43-27-34-52-54-19-12-18-53-50-16-7-11-22-59(50)66(62(53)54)61(52)38-43/h3-39H,1-2H3. The topological polar surface area (TPSA) is 12.6 Å². The molecular formula is C63H43N3. The summed E-state index contributed by atoms with van der Waals surface area (Å²) in [5.41, 5.74) is 20.8. The van der Waals surface area contributed by atoms with Crippen molar-refractivity contribution >= 4 is 77.0 Å². The normalized spacial score (nSPS) is 13.1. The van der Waals surface area contributed by atoms with Crippen LogP contribution in [0.25, 0.3) is 99.0 Å². The fourth-order valence-corrected chi connectivity index (χ4v) is 11.5. The molecule has 3 nitrogen and oxygen atoms in total. The first-order valence-corrected chi connectivity index (χ1v) is 23.0. The Morgan fingerprint density at radius 2 is 0.864 bits per heavy atom.